The highest BCUT2D eigenvalue weighted by Gasteiger charge is 1.98. The molecule has 1 aromatic rings. The molecule has 96 valence electrons. The maximum Gasteiger partial charge on any atom is -0.0276 e. The molecule has 17 heavy (non-hydrogen) atoms. The highest BCUT2D eigenvalue weighted by atomic mass is 14.0. The van der Waals surface area contributed by atoms with Crippen LogP contribution in [0.2, 0.25) is 0 Å². The molecule has 0 N–H and O–H groups in total. The van der Waals surface area contributed by atoms with E-state index in [-0.39, 0.29) is 0 Å². The minimum atomic E-state index is 1.26. The lowest BCUT2D eigenvalue weighted by Gasteiger charge is -2.06. The summed E-state index contributed by atoms with van der Waals surface area (Å²) in [6.45, 7) is 6.69. The third-order valence-electron chi connectivity index (χ3n) is 3.55. The molecule has 0 heterocycles. The normalized spacial score (nSPS) is 10.8. The molecular formula is C17H28. The minimum Gasteiger partial charge on any atom is -0.0654 e. The first kappa shape index (κ1) is 14.3. The lowest BCUT2D eigenvalue weighted by atomic mass is 9.99. The molecule has 0 aromatic heterocycles. The molecule has 0 spiro atoms. The summed E-state index contributed by atoms with van der Waals surface area (Å²) in [5.74, 6) is 0. The van der Waals surface area contributed by atoms with Crippen LogP contribution in [0.15, 0.2) is 18.2 Å². The fraction of sp³-hybridized carbons (Fsp3) is 0.647. The van der Waals surface area contributed by atoms with Crippen LogP contribution in [-0.2, 0) is 6.42 Å². The van der Waals surface area contributed by atoms with Crippen LogP contribution >= 0.6 is 0 Å². The molecule has 0 saturated heterocycles. The summed E-state index contributed by atoms with van der Waals surface area (Å²) in [7, 11) is 0. The molecule has 0 amide bonds. The summed E-state index contributed by atoms with van der Waals surface area (Å²) in [6.07, 6.45) is 11.1. The number of benzene rings is 1. The summed E-state index contributed by atoms with van der Waals surface area (Å²) in [6, 6.07) is 6.85. The minimum absolute atomic E-state index is 1.26. The smallest absolute Gasteiger partial charge is 0.0276 e. The maximum absolute atomic E-state index is 2.31. The Morgan fingerprint density at radius 1 is 0.824 bits per heavy atom. The van der Waals surface area contributed by atoms with Crippen molar-refractivity contribution in [3.8, 4) is 0 Å². The molecule has 0 unspecified atom stereocenters. The van der Waals surface area contributed by atoms with Gasteiger partial charge in [-0.2, -0.15) is 0 Å². The van der Waals surface area contributed by atoms with E-state index in [1.807, 2.05) is 0 Å². The summed E-state index contributed by atoms with van der Waals surface area (Å²) in [5, 5.41) is 0. The lowest BCUT2D eigenvalue weighted by Crippen LogP contribution is -1.91. The SMILES string of the molecule is CCCCCCCCCc1ccc(C)cc1C. The van der Waals surface area contributed by atoms with E-state index in [9.17, 15) is 0 Å². The van der Waals surface area contributed by atoms with Crippen LogP contribution in [0.3, 0.4) is 0 Å². The van der Waals surface area contributed by atoms with E-state index in [1.165, 1.54) is 62.5 Å². The standard InChI is InChI=1S/C17H28/c1-4-5-6-7-8-9-10-11-17-13-12-15(2)14-16(17)3/h12-14H,4-11H2,1-3H3. The maximum atomic E-state index is 2.31. The fourth-order valence-electron chi connectivity index (χ4n) is 2.40. The molecule has 0 atom stereocenters. The largest absolute Gasteiger partial charge is 0.0654 e. The average Bonchev–Trinajstić information content (AvgIpc) is 2.30. The Morgan fingerprint density at radius 3 is 2.12 bits per heavy atom. The van der Waals surface area contributed by atoms with Crippen molar-refractivity contribution in [2.45, 2.75) is 72.1 Å². The first-order valence-electron chi connectivity index (χ1n) is 7.30. The van der Waals surface area contributed by atoms with Crippen LogP contribution in [0.1, 0.15) is 68.6 Å². The van der Waals surface area contributed by atoms with E-state index in [4.69, 9.17) is 0 Å². The van der Waals surface area contributed by atoms with Crippen molar-refractivity contribution in [1.82, 2.24) is 0 Å². The number of hydrogen-bond acceptors (Lipinski definition) is 0. The first-order valence-corrected chi connectivity index (χ1v) is 7.30. The van der Waals surface area contributed by atoms with Crippen molar-refractivity contribution >= 4 is 0 Å². The Hall–Kier alpha value is -0.780. The van der Waals surface area contributed by atoms with Crippen LogP contribution < -0.4 is 0 Å². The van der Waals surface area contributed by atoms with Gasteiger partial charge in [-0.25, -0.2) is 0 Å². The quantitative estimate of drug-likeness (QED) is 0.512. The highest BCUT2D eigenvalue weighted by molar-refractivity contribution is 5.30. The predicted octanol–water partition coefficient (Wildman–Crippen LogP) is 5.60. The van der Waals surface area contributed by atoms with Crippen LogP contribution in [0.4, 0.5) is 0 Å². The molecule has 0 heteroatoms. The van der Waals surface area contributed by atoms with Gasteiger partial charge in [-0.1, -0.05) is 69.2 Å². The van der Waals surface area contributed by atoms with E-state index < -0.39 is 0 Å². The van der Waals surface area contributed by atoms with Crippen LogP contribution in [0.25, 0.3) is 0 Å². The number of aryl methyl sites for hydroxylation is 3. The number of rotatable bonds is 8. The Kier molecular flexibility index (Phi) is 7.00. The van der Waals surface area contributed by atoms with Gasteiger partial charge >= 0.3 is 0 Å². The van der Waals surface area contributed by atoms with E-state index >= 15 is 0 Å². The van der Waals surface area contributed by atoms with Crippen LogP contribution in [0.5, 0.6) is 0 Å². The van der Waals surface area contributed by atoms with E-state index in [2.05, 4.69) is 39.0 Å². The lowest BCUT2D eigenvalue weighted by molar-refractivity contribution is 0.589. The van der Waals surface area contributed by atoms with Crippen molar-refractivity contribution in [1.29, 1.82) is 0 Å². The fourth-order valence-corrected chi connectivity index (χ4v) is 2.40. The van der Waals surface area contributed by atoms with Gasteiger partial charge in [-0.15, -0.1) is 0 Å². The average molecular weight is 232 g/mol. The predicted molar refractivity (Wildman–Crippen MR) is 77.6 cm³/mol. The Bertz CT molecular complexity index is 312. The molecule has 0 nitrogen and oxygen atoms in total. The van der Waals surface area contributed by atoms with Crippen molar-refractivity contribution < 1.29 is 0 Å². The zero-order valence-electron chi connectivity index (χ0n) is 11.9. The van der Waals surface area contributed by atoms with Gasteiger partial charge in [0.1, 0.15) is 0 Å². The molecule has 0 aliphatic rings. The molecular weight excluding hydrogens is 204 g/mol. The van der Waals surface area contributed by atoms with Gasteiger partial charge in [0.15, 0.2) is 0 Å². The van der Waals surface area contributed by atoms with Gasteiger partial charge in [0.05, 0.1) is 0 Å². The van der Waals surface area contributed by atoms with Crippen molar-refractivity contribution in [3.05, 3.63) is 34.9 Å². The second-order valence-corrected chi connectivity index (χ2v) is 5.30. The van der Waals surface area contributed by atoms with Gasteiger partial charge < -0.3 is 0 Å². The van der Waals surface area contributed by atoms with E-state index in [0.717, 1.165) is 0 Å². The molecule has 0 radical (unpaired) electrons. The monoisotopic (exact) mass is 232 g/mol. The molecule has 0 saturated carbocycles. The van der Waals surface area contributed by atoms with Crippen LogP contribution in [-0.4, -0.2) is 0 Å². The first-order chi connectivity index (χ1) is 8.24. The summed E-state index contributed by atoms with van der Waals surface area (Å²) < 4.78 is 0. The molecule has 0 aliphatic carbocycles. The summed E-state index contributed by atoms with van der Waals surface area (Å²) >= 11 is 0. The number of unbranched alkanes of at least 4 members (excludes halogenated alkanes) is 6. The van der Waals surface area contributed by atoms with Gasteiger partial charge in [0, 0.05) is 0 Å². The Labute approximate surface area is 107 Å². The number of hydrogen-bond donors (Lipinski definition) is 0. The molecule has 0 bridgehead atoms. The molecule has 1 aromatic carbocycles. The van der Waals surface area contributed by atoms with Crippen LogP contribution in [0, 0.1) is 13.8 Å². The van der Waals surface area contributed by atoms with Gasteiger partial charge in [-0.3, -0.25) is 0 Å². The van der Waals surface area contributed by atoms with Crippen molar-refractivity contribution in [3.63, 3.8) is 0 Å². The zero-order chi connectivity index (χ0) is 12.5. The van der Waals surface area contributed by atoms with Gasteiger partial charge in [0.25, 0.3) is 0 Å². The Balaban J connectivity index is 2.14. The summed E-state index contributed by atoms with van der Waals surface area (Å²) in [5.41, 5.74) is 4.39. The Morgan fingerprint density at radius 2 is 1.47 bits per heavy atom. The zero-order valence-corrected chi connectivity index (χ0v) is 11.9. The van der Waals surface area contributed by atoms with Crippen molar-refractivity contribution in [2.75, 3.05) is 0 Å². The van der Waals surface area contributed by atoms with Gasteiger partial charge in [-0.05, 0) is 37.8 Å². The highest BCUT2D eigenvalue weighted by Crippen LogP contribution is 2.15. The molecule has 0 aliphatic heterocycles. The van der Waals surface area contributed by atoms with E-state index in [1.54, 1.807) is 5.56 Å². The molecule has 0 fully saturated rings. The second kappa shape index (κ2) is 8.33. The third kappa shape index (κ3) is 5.91. The van der Waals surface area contributed by atoms with E-state index in [0.29, 0.717) is 0 Å². The van der Waals surface area contributed by atoms with Gasteiger partial charge in [0.2, 0.25) is 0 Å². The second-order valence-electron chi connectivity index (χ2n) is 5.30. The van der Waals surface area contributed by atoms with Crippen molar-refractivity contribution in [2.24, 2.45) is 0 Å². The summed E-state index contributed by atoms with van der Waals surface area (Å²) in [4.78, 5) is 0. The third-order valence-corrected chi connectivity index (χ3v) is 3.55. The topological polar surface area (TPSA) is 0 Å². The molecule has 1 rings (SSSR count).